The summed E-state index contributed by atoms with van der Waals surface area (Å²) in [6.45, 7) is 2.25. The summed E-state index contributed by atoms with van der Waals surface area (Å²) >= 11 is 0. The van der Waals surface area contributed by atoms with Gasteiger partial charge in [-0.05, 0) is 36.2 Å². The van der Waals surface area contributed by atoms with E-state index >= 15 is 0 Å². The van der Waals surface area contributed by atoms with Crippen LogP contribution in [0.4, 0.5) is 8.78 Å². The van der Waals surface area contributed by atoms with Gasteiger partial charge in [0.05, 0.1) is 0 Å². The molecular formula is C14H13F2NO. The van der Waals surface area contributed by atoms with Crippen molar-refractivity contribution >= 4 is 0 Å². The Labute approximate surface area is 104 Å². The van der Waals surface area contributed by atoms with Crippen molar-refractivity contribution in [3.63, 3.8) is 0 Å². The van der Waals surface area contributed by atoms with E-state index in [1.807, 2.05) is 13.0 Å². The number of benzene rings is 2. The van der Waals surface area contributed by atoms with Gasteiger partial charge in [-0.2, -0.15) is 4.39 Å². The van der Waals surface area contributed by atoms with Crippen molar-refractivity contribution in [3.8, 4) is 11.5 Å². The molecule has 18 heavy (non-hydrogen) atoms. The SMILES string of the molecule is Cc1cc(CN)ccc1Oc1cccc(F)c1F. The van der Waals surface area contributed by atoms with Crippen LogP contribution in [-0.4, -0.2) is 0 Å². The van der Waals surface area contributed by atoms with Crippen molar-refractivity contribution in [2.24, 2.45) is 5.73 Å². The first-order chi connectivity index (χ1) is 8.61. The molecular weight excluding hydrogens is 236 g/mol. The van der Waals surface area contributed by atoms with Gasteiger partial charge in [-0.15, -0.1) is 0 Å². The lowest BCUT2D eigenvalue weighted by Crippen LogP contribution is -1.98. The fraction of sp³-hybridized carbons (Fsp3) is 0.143. The molecule has 0 aliphatic carbocycles. The zero-order chi connectivity index (χ0) is 13.1. The predicted molar refractivity (Wildman–Crippen MR) is 65.5 cm³/mol. The average molecular weight is 249 g/mol. The van der Waals surface area contributed by atoms with Crippen molar-refractivity contribution in [1.29, 1.82) is 0 Å². The summed E-state index contributed by atoms with van der Waals surface area (Å²) in [4.78, 5) is 0. The van der Waals surface area contributed by atoms with E-state index in [9.17, 15) is 8.78 Å². The van der Waals surface area contributed by atoms with E-state index in [0.717, 1.165) is 17.2 Å². The molecule has 0 unspecified atom stereocenters. The highest BCUT2D eigenvalue weighted by Crippen LogP contribution is 2.28. The molecule has 0 aliphatic rings. The standard InChI is InChI=1S/C14H13F2NO/c1-9-7-10(8-17)5-6-12(9)18-13-4-2-3-11(15)14(13)16/h2-7H,8,17H2,1H3. The van der Waals surface area contributed by atoms with Crippen LogP contribution in [0.3, 0.4) is 0 Å². The molecule has 2 rings (SSSR count). The molecule has 4 heteroatoms. The van der Waals surface area contributed by atoms with Crippen molar-refractivity contribution in [1.82, 2.24) is 0 Å². The minimum absolute atomic E-state index is 0.126. The van der Waals surface area contributed by atoms with Gasteiger partial charge in [0.2, 0.25) is 5.82 Å². The summed E-state index contributed by atoms with van der Waals surface area (Å²) in [7, 11) is 0. The van der Waals surface area contributed by atoms with Gasteiger partial charge in [0.1, 0.15) is 5.75 Å². The summed E-state index contributed by atoms with van der Waals surface area (Å²) in [6.07, 6.45) is 0. The van der Waals surface area contributed by atoms with E-state index < -0.39 is 11.6 Å². The molecule has 0 bridgehead atoms. The van der Waals surface area contributed by atoms with Gasteiger partial charge in [-0.3, -0.25) is 0 Å². The lowest BCUT2D eigenvalue weighted by atomic mass is 10.1. The van der Waals surface area contributed by atoms with Gasteiger partial charge in [-0.1, -0.05) is 18.2 Å². The zero-order valence-electron chi connectivity index (χ0n) is 9.91. The maximum Gasteiger partial charge on any atom is 0.201 e. The molecule has 0 atom stereocenters. The molecule has 2 aromatic carbocycles. The molecule has 0 fully saturated rings. The molecule has 0 amide bonds. The summed E-state index contributed by atoms with van der Waals surface area (Å²) in [5.41, 5.74) is 7.29. The fourth-order valence-electron chi connectivity index (χ4n) is 1.63. The lowest BCUT2D eigenvalue weighted by molar-refractivity contribution is 0.414. The van der Waals surface area contributed by atoms with Crippen LogP contribution < -0.4 is 10.5 Å². The highest BCUT2D eigenvalue weighted by Gasteiger charge is 2.10. The molecule has 0 aromatic heterocycles. The number of ether oxygens (including phenoxy) is 1. The fourth-order valence-corrected chi connectivity index (χ4v) is 1.63. The van der Waals surface area contributed by atoms with E-state index in [4.69, 9.17) is 10.5 Å². The topological polar surface area (TPSA) is 35.2 Å². The van der Waals surface area contributed by atoms with E-state index in [1.54, 1.807) is 12.1 Å². The number of rotatable bonds is 3. The third-order valence-corrected chi connectivity index (χ3v) is 2.61. The van der Waals surface area contributed by atoms with E-state index in [0.29, 0.717) is 12.3 Å². The average Bonchev–Trinajstić information content (AvgIpc) is 2.37. The van der Waals surface area contributed by atoms with Crippen LogP contribution in [0, 0.1) is 18.6 Å². The molecule has 94 valence electrons. The molecule has 0 saturated heterocycles. The molecule has 2 aromatic rings. The van der Waals surface area contributed by atoms with Crippen molar-refractivity contribution in [2.75, 3.05) is 0 Å². The Kier molecular flexibility index (Phi) is 3.58. The second-order valence-corrected chi connectivity index (χ2v) is 3.96. The largest absolute Gasteiger partial charge is 0.454 e. The lowest BCUT2D eigenvalue weighted by Gasteiger charge is -2.10. The highest BCUT2D eigenvalue weighted by molar-refractivity contribution is 5.40. The van der Waals surface area contributed by atoms with E-state index in [2.05, 4.69) is 0 Å². The maximum atomic E-state index is 13.4. The monoisotopic (exact) mass is 249 g/mol. The van der Waals surface area contributed by atoms with Gasteiger partial charge in [0, 0.05) is 6.54 Å². The van der Waals surface area contributed by atoms with Crippen LogP contribution in [0.5, 0.6) is 11.5 Å². The minimum atomic E-state index is -0.986. The maximum absolute atomic E-state index is 13.4. The minimum Gasteiger partial charge on any atom is -0.454 e. The number of nitrogens with two attached hydrogens (primary N) is 1. The Balaban J connectivity index is 2.31. The van der Waals surface area contributed by atoms with Gasteiger partial charge in [-0.25, -0.2) is 4.39 Å². The normalized spacial score (nSPS) is 10.4. The van der Waals surface area contributed by atoms with Crippen LogP contribution in [0.15, 0.2) is 36.4 Å². The van der Waals surface area contributed by atoms with Crippen molar-refractivity contribution in [3.05, 3.63) is 59.2 Å². The highest BCUT2D eigenvalue weighted by atomic mass is 19.2. The van der Waals surface area contributed by atoms with Crippen LogP contribution in [0.25, 0.3) is 0 Å². The molecule has 0 aliphatic heterocycles. The number of halogens is 2. The Morgan fingerprint density at radius 1 is 1.11 bits per heavy atom. The van der Waals surface area contributed by atoms with E-state index in [-0.39, 0.29) is 5.75 Å². The predicted octanol–water partition coefficient (Wildman–Crippen LogP) is 3.52. The molecule has 2 nitrogen and oxygen atoms in total. The summed E-state index contributed by atoms with van der Waals surface area (Å²) in [5, 5.41) is 0. The smallest absolute Gasteiger partial charge is 0.201 e. The first kappa shape index (κ1) is 12.5. The Bertz CT molecular complexity index is 570. The zero-order valence-corrected chi connectivity index (χ0v) is 9.91. The third-order valence-electron chi connectivity index (χ3n) is 2.61. The Morgan fingerprint density at radius 3 is 2.56 bits per heavy atom. The van der Waals surface area contributed by atoms with Gasteiger partial charge >= 0.3 is 0 Å². The summed E-state index contributed by atoms with van der Waals surface area (Å²) in [6, 6.07) is 9.17. The summed E-state index contributed by atoms with van der Waals surface area (Å²) in [5.74, 6) is -1.56. The molecule has 0 heterocycles. The first-order valence-corrected chi connectivity index (χ1v) is 5.53. The van der Waals surface area contributed by atoms with Crippen LogP contribution in [0.2, 0.25) is 0 Å². The number of hydrogen-bond acceptors (Lipinski definition) is 2. The molecule has 0 spiro atoms. The molecule has 0 saturated carbocycles. The van der Waals surface area contributed by atoms with Gasteiger partial charge in [0.25, 0.3) is 0 Å². The van der Waals surface area contributed by atoms with Gasteiger partial charge < -0.3 is 10.5 Å². The first-order valence-electron chi connectivity index (χ1n) is 5.53. The molecule has 0 radical (unpaired) electrons. The van der Waals surface area contributed by atoms with Crippen molar-refractivity contribution in [2.45, 2.75) is 13.5 Å². The number of aryl methyl sites for hydroxylation is 1. The Hall–Kier alpha value is -1.94. The summed E-state index contributed by atoms with van der Waals surface area (Å²) < 4.78 is 31.8. The van der Waals surface area contributed by atoms with Crippen molar-refractivity contribution < 1.29 is 13.5 Å². The third kappa shape index (κ3) is 2.49. The Morgan fingerprint density at radius 2 is 1.89 bits per heavy atom. The second kappa shape index (κ2) is 5.14. The number of hydrogen-bond donors (Lipinski definition) is 1. The van der Waals surface area contributed by atoms with Crippen LogP contribution in [-0.2, 0) is 6.54 Å². The van der Waals surface area contributed by atoms with Gasteiger partial charge in [0.15, 0.2) is 11.6 Å². The van der Waals surface area contributed by atoms with Crippen LogP contribution in [0.1, 0.15) is 11.1 Å². The second-order valence-electron chi connectivity index (χ2n) is 3.96. The van der Waals surface area contributed by atoms with Crippen LogP contribution >= 0.6 is 0 Å². The van der Waals surface area contributed by atoms with E-state index in [1.165, 1.54) is 12.1 Å². The molecule has 2 N–H and O–H groups in total. The quantitative estimate of drug-likeness (QED) is 0.903.